The Balaban J connectivity index is 2.57. The Morgan fingerprint density at radius 1 is 1.29 bits per heavy atom. The van der Waals surface area contributed by atoms with Crippen molar-refractivity contribution in [2.75, 3.05) is 13.1 Å². The molecular weight excluding hydrogens is 174 g/mol. The molecule has 0 radical (unpaired) electrons. The number of rotatable bonds is 2. The lowest BCUT2D eigenvalue weighted by Gasteiger charge is -2.44. The second-order valence-corrected chi connectivity index (χ2v) is 5.49. The molecule has 0 aliphatic carbocycles. The lowest BCUT2D eigenvalue weighted by atomic mass is 9.77. The lowest BCUT2D eigenvalue weighted by molar-refractivity contribution is -0.119. The molecular formula is C12H23NO. The second kappa shape index (κ2) is 4.01. The fraction of sp³-hybridized carbons (Fsp3) is 0.917. The van der Waals surface area contributed by atoms with Gasteiger partial charge in [0, 0.05) is 11.0 Å². The molecule has 0 amide bonds. The van der Waals surface area contributed by atoms with E-state index in [1.54, 1.807) is 0 Å². The van der Waals surface area contributed by atoms with E-state index in [1.807, 2.05) is 0 Å². The van der Waals surface area contributed by atoms with E-state index in [4.69, 9.17) is 0 Å². The maximum absolute atomic E-state index is 11.1. The van der Waals surface area contributed by atoms with E-state index in [1.165, 1.54) is 6.29 Å². The van der Waals surface area contributed by atoms with E-state index in [-0.39, 0.29) is 11.0 Å². The summed E-state index contributed by atoms with van der Waals surface area (Å²) < 4.78 is 0. The first kappa shape index (κ1) is 11.7. The van der Waals surface area contributed by atoms with Gasteiger partial charge in [0.15, 0.2) is 0 Å². The molecule has 0 atom stereocenters. The van der Waals surface area contributed by atoms with Crippen molar-refractivity contribution < 1.29 is 4.79 Å². The van der Waals surface area contributed by atoms with Crippen LogP contribution in [0.15, 0.2) is 0 Å². The molecule has 0 N–H and O–H groups in total. The molecule has 1 aliphatic rings. The molecule has 1 fully saturated rings. The fourth-order valence-electron chi connectivity index (χ4n) is 2.18. The maximum Gasteiger partial charge on any atom is 0.126 e. The van der Waals surface area contributed by atoms with Crippen molar-refractivity contribution in [3.8, 4) is 0 Å². The minimum Gasteiger partial charge on any atom is -0.303 e. The standard InChI is InChI=1S/C12H23NO/c1-5-12(10-14)6-8-13(9-7-12)11(2,3)4/h10H,5-9H2,1-4H3. The molecule has 0 saturated carbocycles. The highest BCUT2D eigenvalue weighted by molar-refractivity contribution is 5.59. The summed E-state index contributed by atoms with van der Waals surface area (Å²) in [5.41, 5.74) is 0.241. The van der Waals surface area contributed by atoms with E-state index in [0.717, 1.165) is 32.4 Å². The third kappa shape index (κ3) is 2.35. The van der Waals surface area contributed by atoms with Gasteiger partial charge >= 0.3 is 0 Å². The van der Waals surface area contributed by atoms with Gasteiger partial charge in [0.25, 0.3) is 0 Å². The van der Waals surface area contributed by atoms with Crippen molar-refractivity contribution in [1.82, 2.24) is 4.90 Å². The minimum absolute atomic E-state index is 0.0122. The summed E-state index contributed by atoms with van der Waals surface area (Å²) in [4.78, 5) is 13.5. The zero-order valence-electron chi connectivity index (χ0n) is 9.97. The Bertz CT molecular complexity index is 197. The van der Waals surface area contributed by atoms with Crippen LogP contribution in [0.4, 0.5) is 0 Å². The summed E-state index contributed by atoms with van der Waals surface area (Å²) in [5, 5.41) is 0. The number of piperidine rings is 1. The van der Waals surface area contributed by atoms with Crippen molar-refractivity contribution in [2.24, 2.45) is 5.41 Å². The van der Waals surface area contributed by atoms with Gasteiger partial charge in [-0.25, -0.2) is 0 Å². The van der Waals surface area contributed by atoms with Gasteiger partial charge in [-0.2, -0.15) is 0 Å². The van der Waals surface area contributed by atoms with Crippen molar-refractivity contribution in [1.29, 1.82) is 0 Å². The smallest absolute Gasteiger partial charge is 0.126 e. The molecule has 1 heterocycles. The molecule has 14 heavy (non-hydrogen) atoms. The van der Waals surface area contributed by atoms with Gasteiger partial charge in [0.2, 0.25) is 0 Å². The molecule has 2 heteroatoms. The van der Waals surface area contributed by atoms with Crippen molar-refractivity contribution >= 4 is 6.29 Å². The monoisotopic (exact) mass is 197 g/mol. The summed E-state index contributed by atoms with van der Waals surface area (Å²) in [5.74, 6) is 0. The van der Waals surface area contributed by atoms with Gasteiger partial charge in [0.05, 0.1) is 0 Å². The zero-order valence-corrected chi connectivity index (χ0v) is 9.97. The van der Waals surface area contributed by atoms with Crippen molar-refractivity contribution in [3.05, 3.63) is 0 Å². The molecule has 1 aliphatic heterocycles. The lowest BCUT2D eigenvalue weighted by Crippen LogP contribution is -2.49. The summed E-state index contributed by atoms with van der Waals surface area (Å²) in [6, 6.07) is 0. The molecule has 0 unspecified atom stereocenters. The summed E-state index contributed by atoms with van der Waals surface area (Å²) >= 11 is 0. The van der Waals surface area contributed by atoms with Crippen LogP contribution < -0.4 is 0 Å². The SMILES string of the molecule is CCC1(C=O)CCN(C(C)(C)C)CC1. The predicted molar refractivity (Wildman–Crippen MR) is 59.3 cm³/mol. The largest absolute Gasteiger partial charge is 0.303 e. The van der Waals surface area contributed by atoms with Crippen LogP contribution in [0, 0.1) is 5.41 Å². The molecule has 0 aromatic heterocycles. The first-order valence-electron chi connectivity index (χ1n) is 5.65. The van der Waals surface area contributed by atoms with Crippen molar-refractivity contribution in [3.63, 3.8) is 0 Å². The van der Waals surface area contributed by atoms with Gasteiger partial charge < -0.3 is 4.79 Å². The number of likely N-dealkylation sites (tertiary alicyclic amines) is 1. The van der Waals surface area contributed by atoms with Crippen LogP contribution in [0.2, 0.25) is 0 Å². The van der Waals surface area contributed by atoms with Gasteiger partial charge in [-0.15, -0.1) is 0 Å². The number of carbonyl (C=O) groups is 1. The Labute approximate surface area is 87.7 Å². The number of nitrogens with zero attached hydrogens (tertiary/aromatic N) is 1. The van der Waals surface area contributed by atoms with Crippen LogP contribution in [0.25, 0.3) is 0 Å². The number of aldehydes is 1. The van der Waals surface area contributed by atoms with E-state index in [9.17, 15) is 4.79 Å². The molecule has 0 aromatic rings. The molecule has 2 nitrogen and oxygen atoms in total. The highest BCUT2D eigenvalue weighted by atomic mass is 16.1. The van der Waals surface area contributed by atoms with Gasteiger partial charge in [-0.1, -0.05) is 6.92 Å². The fourth-order valence-corrected chi connectivity index (χ4v) is 2.18. The summed E-state index contributed by atoms with van der Waals surface area (Å²) in [6.07, 6.45) is 4.25. The topological polar surface area (TPSA) is 20.3 Å². The number of hydrogen-bond donors (Lipinski definition) is 0. The van der Waals surface area contributed by atoms with Crippen LogP contribution in [0.5, 0.6) is 0 Å². The van der Waals surface area contributed by atoms with E-state index in [0.29, 0.717) is 0 Å². The maximum atomic E-state index is 11.1. The molecule has 0 aromatic carbocycles. The predicted octanol–water partition coefficient (Wildman–Crippen LogP) is 2.48. The third-order valence-electron chi connectivity index (χ3n) is 3.66. The molecule has 82 valence electrons. The Hall–Kier alpha value is -0.370. The number of hydrogen-bond acceptors (Lipinski definition) is 2. The van der Waals surface area contributed by atoms with Crippen LogP contribution in [-0.4, -0.2) is 29.8 Å². The van der Waals surface area contributed by atoms with E-state index >= 15 is 0 Å². The van der Waals surface area contributed by atoms with Crippen LogP contribution >= 0.6 is 0 Å². The van der Waals surface area contributed by atoms with E-state index < -0.39 is 0 Å². The molecule has 1 saturated heterocycles. The third-order valence-corrected chi connectivity index (χ3v) is 3.66. The van der Waals surface area contributed by atoms with Crippen LogP contribution in [0.3, 0.4) is 0 Å². The van der Waals surface area contributed by atoms with Gasteiger partial charge in [-0.3, -0.25) is 4.90 Å². The van der Waals surface area contributed by atoms with Gasteiger partial charge in [0.1, 0.15) is 6.29 Å². The quantitative estimate of drug-likeness (QED) is 0.634. The molecule has 1 rings (SSSR count). The Morgan fingerprint density at radius 3 is 2.07 bits per heavy atom. The second-order valence-electron chi connectivity index (χ2n) is 5.49. The summed E-state index contributed by atoms with van der Waals surface area (Å²) in [6.45, 7) is 11.0. The van der Waals surface area contributed by atoms with E-state index in [2.05, 4.69) is 32.6 Å². The normalized spacial score (nSPS) is 23.4. The minimum atomic E-state index is -0.0122. The zero-order chi connectivity index (χ0) is 10.8. The van der Waals surface area contributed by atoms with Crippen LogP contribution in [-0.2, 0) is 4.79 Å². The Kier molecular flexibility index (Phi) is 3.36. The molecule has 0 bridgehead atoms. The van der Waals surface area contributed by atoms with Crippen molar-refractivity contribution in [2.45, 2.75) is 52.5 Å². The first-order valence-corrected chi connectivity index (χ1v) is 5.65. The molecule has 0 spiro atoms. The Morgan fingerprint density at radius 2 is 1.79 bits per heavy atom. The highest BCUT2D eigenvalue weighted by Crippen LogP contribution is 2.34. The highest BCUT2D eigenvalue weighted by Gasteiger charge is 2.35. The van der Waals surface area contributed by atoms with Crippen LogP contribution in [0.1, 0.15) is 47.0 Å². The number of carbonyl (C=O) groups excluding carboxylic acids is 1. The average Bonchev–Trinajstić information content (AvgIpc) is 2.16. The van der Waals surface area contributed by atoms with Gasteiger partial charge in [-0.05, 0) is 53.1 Å². The first-order chi connectivity index (χ1) is 6.43. The summed E-state index contributed by atoms with van der Waals surface area (Å²) in [7, 11) is 0. The average molecular weight is 197 g/mol.